The predicted molar refractivity (Wildman–Crippen MR) is 121 cm³/mol. The number of hydrogen-bond donors (Lipinski definition) is 2. The number of primary amides is 1. The molecule has 3 rings (SSSR count). The average Bonchev–Trinajstić information content (AvgIpc) is 3.05. The molecule has 1 aromatic carbocycles. The lowest BCUT2D eigenvalue weighted by Crippen LogP contribution is -2.46. The van der Waals surface area contributed by atoms with Gasteiger partial charge in [0.05, 0.1) is 10.6 Å². The molecule has 1 fully saturated rings. The highest BCUT2D eigenvalue weighted by molar-refractivity contribution is 7.20. The van der Waals surface area contributed by atoms with E-state index in [4.69, 9.17) is 5.73 Å². The minimum atomic E-state index is -0.493. The number of nitrogens with two attached hydrogens (primary N) is 1. The van der Waals surface area contributed by atoms with Crippen molar-refractivity contribution >= 4 is 38.8 Å². The smallest absolute Gasteiger partial charge is 0.252 e. The molecular formula is C22H30N4O2S. The molecule has 156 valence electrons. The summed E-state index contributed by atoms with van der Waals surface area (Å²) < 4.78 is 0. The first kappa shape index (κ1) is 21.2. The Morgan fingerprint density at radius 2 is 1.66 bits per heavy atom. The Kier molecular flexibility index (Phi) is 6.79. The number of rotatable bonds is 7. The normalized spacial score (nSPS) is 14.3. The summed E-state index contributed by atoms with van der Waals surface area (Å²) in [5.74, 6) is -0.594. The van der Waals surface area contributed by atoms with Crippen LogP contribution in [0.2, 0.25) is 0 Å². The van der Waals surface area contributed by atoms with E-state index < -0.39 is 5.91 Å². The van der Waals surface area contributed by atoms with Crippen LogP contribution in [-0.2, 0) is 4.79 Å². The maximum atomic E-state index is 12.6. The Morgan fingerprint density at radius 1 is 1.07 bits per heavy atom. The van der Waals surface area contributed by atoms with Gasteiger partial charge in [0.15, 0.2) is 0 Å². The molecule has 1 saturated heterocycles. The van der Waals surface area contributed by atoms with Crippen LogP contribution < -0.4 is 20.9 Å². The number of nitrogens with one attached hydrogen (secondary N) is 1. The number of nitrogens with zero attached hydrogens (tertiary/aromatic N) is 2. The first-order valence-corrected chi connectivity index (χ1v) is 11.1. The number of piperazine rings is 1. The highest BCUT2D eigenvalue weighted by Crippen LogP contribution is 2.40. The van der Waals surface area contributed by atoms with Gasteiger partial charge in [-0.05, 0) is 37.5 Å². The Labute approximate surface area is 176 Å². The van der Waals surface area contributed by atoms with E-state index in [0.29, 0.717) is 10.6 Å². The van der Waals surface area contributed by atoms with Gasteiger partial charge in [-0.1, -0.05) is 43.4 Å². The van der Waals surface area contributed by atoms with Gasteiger partial charge in [0.2, 0.25) is 5.91 Å². The fourth-order valence-corrected chi connectivity index (χ4v) is 5.14. The van der Waals surface area contributed by atoms with Crippen LogP contribution in [0.5, 0.6) is 0 Å². The average molecular weight is 415 g/mol. The van der Waals surface area contributed by atoms with E-state index in [1.807, 2.05) is 26.8 Å². The number of anilines is 3. The van der Waals surface area contributed by atoms with Gasteiger partial charge in [-0.15, -0.1) is 0 Å². The van der Waals surface area contributed by atoms with E-state index in [-0.39, 0.29) is 11.8 Å². The van der Waals surface area contributed by atoms with Crippen molar-refractivity contribution in [3.8, 4) is 0 Å². The number of amides is 2. The zero-order valence-electron chi connectivity index (χ0n) is 17.4. The molecule has 1 aliphatic rings. The molecule has 2 aromatic rings. The monoisotopic (exact) mass is 414 g/mol. The summed E-state index contributed by atoms with van der Waals surface area (Å²) >= 11 is 1.46. The number of benzene rings is 1. The van der Waals surface area contributed by atoms with Crippen molar-refractivity contribution in [2.45, 2.75) is 33.6 Å². The van der Waals surface area contributed by atoms with E-state index in [1.165, 1.54) is 17.0 Å². The molecule has 3 N–H and O–H groups in total. The largest absolute Gasteiger partial charge is 0.368 e. The van der Waals surface area contributed by atoms with Crippen LogP contribution in [0.25, 0.3) is 0 Å². The van der Waals surface area contributed by atoms with Crippen molar-refractivity contribution in [1.82, 2.24) is 0 Å². The van der Waals surface area contributed by atoms with E-state index in [0.717, 1.165) is 49.6 Å². The fourth-order valence-electron chi connectivity index (χ4n) is 3.87. The lowest BCUT2D eigenvalue weighted by atomic mass is 10.0. The van der Waals surface area contributed by atoms with Gasteiger partial charge >= 0.3 is 0 Å². The zero-order chi connectivity index (χ0) is 21.0. The molecule has 1 aromatic heterocycles. The Balaban J connectivity index is 1.78. The van der Waals surface area contributed by atoms with E-state index >= 15 is 0 Å². The van der Waals surface area contributed by atoms with Gasteiger partial charge in [0.1, 0.15) is 5.00 Å². The number of carbonyl (C=O) groups excluding carboxylic acids is 2. The molecule has 0 bridgehead atoms. The van der Waals surface area contributed by atoms with Gasteiger partial charge < -0.3 is 20.9 Å². The van der Waals surface area contributed by atoms with E-state index in [2.05, 4.69) is 39.4 Å². The van der Waals surface area contributed by atoms with Crippen LogP contribution in [-0.4, -0.2) is 38.0 Å². The lowest BCUT2D eigenvalue weighted by Gasteiger charge is -2.37. The first-order valence-electron chi connectivity index (χ1n) is 10.2. The molecule has 2 heterocycles. The second-order valence-electron chi connectivity index (χ2n) is 7.41. The second kappa shape index (κ2) is 9.31. The quantitative estimate of drug-likeness (QED) is 0.721. The number of carbonyl (C=O) groups is 2. The van der Waals surface area contributed by atoms with Crippen molar-refractivity contribution in [2.24, 2.45) is 11.7 Å². The fraction of sp³-hybridized carbons (Fsp3) is 0.455. The summed E-state index contributed by atoms with van der Waals surface area (Å²) in [6.07, 6.45) is 1.54. The van der Waals surface area contributed by atoms with Crippen molar-refractivity contribution in [1.29, 1.82) is 0 Å². The van der Waals surface area contributed by atoms with Crippen molar-refractivity contribution < 1.29 is 9.59 Å². The summed E-state index contributed by atoms with van der Waals surface area (Å²) in [6, 6.07) is 10.4. The maximum absolute atomic E-state index is 12.6. The molecular weight excluding hydrogens is 384 g/mol. The molecule has 0 spiro atoms. The van der Waals surface area contributed by atoms with Gasteiger partial charge in [0.25, 0.3) is 5.91 Å². The molecule has 0 saturated carbocycles. The standard InChI is InChI=1S/C22H30N4O2S/c1-4-16(5-2)20(28)24-21-18(19(23)27)15(3)22(29-21)26-13-11-25(12-14-26)17-9-7-6-8-10-17/h6-10,16H,4-5,11-14H2,1-3H3,(H2,23,27)(H,24,28). The first-order chi connectivity index (χ1) is 14.0. The molecule has 6 nitrogen and oxygen atoms in total. The summed E-state index contributed by atoms with van der Waals surface area (Å²) in [5, 5.41) is 4.57. The third-order valence-corrected chi connectivity index (χ3v) is 6.92. The minimum Gasteiger partial charge on any atom is -0.368 e. The zero-order valence-corrected chi connectivity index (χ0v) is 18.2. The highest BCUT2D eigenvalue weighted by Gasteiger charge is 2.27. The minimum absolute atomic E-state index is 0.0424. The summed E-state index contributed by atoms with van der Waals surface area (Å²) in [5.41, 5.74) is 8.19. The second-order valence-corrected chi connectivity index (χ2v) is 8.41. The van der Waals surface area contributed by atoms with Crippen LogP contribution in [0.3, 0.4) is 0 Å². The lowest BCUT2D eigenvalue weighted by molar-refractivity contribution is -0.120. The van der Waals surface area contributed by atoms with Gasteiger partial charge in [-0.3, -0.25) is 9.59 Å². The molecule has 1 aliphatic heterocycles. The van der Waals surface area contributed by atoms with Crippen molar-refractivity contribution in [3.63, 3.8) is 0 Å². The molecule has 0 unspecified atom stereocenters. The molecule has 7 heteroatoms. The molecule has 2 amide bonds. The Morgan fingerprint density at radius 3 is 2.21 bits per heavy atom. The van der Waals surface area contributed by atoms with Crippen LogP contribution in [0.4, 0.5) is 15.7 Å². The molecule has 0 aliphatic carbocycles. The van der Waals surface area contributed by atoms with Gasteiger partial charge in [0, 0.05) is 37.8 Å². The molecule has 0 radical (unpaired) electrons. The number of para-hydroxylation sites is 1. The Hall–Kier alpha value is -2.54. The maximum Gasteiger partial charge on any atom is 0.252 e. The van der Waals surface area contributed by atoms with E-state index in [1.54, 1.807) is 0 Å². The van der Waals surface area contributed by atoms with Crippen LogP contribution >= 0.6 is 11.3 Å². The van der Waals surface area contributed by atoms with Crippen molar-refractivity contribution in [2.75, 3.05) is 41.3 Å². The predicted octanol–water partition coefficient (Wildman–Crippen LogP) is 3.86. The number of thiophene rings is 1. The number of hydrogen-bond acceptors (Lipinski definition) is 5. The topological polar surface area (TPSA) is 78.7 Å². The van der Waals surface area contributed by atoms with Crippen LogP contribution in [0, 0.1) is 12.8 Å². The third-order valence-electron chi connectivity index (χ3n) is 5.65. The summed E-state index contributed by atoms with van der Waals surface area (Å²) in [7, 11) is 0. The third kappa shape index (κ3) is 4.56. The summed E-state index contributed by atoms with van der Waals surface area (Å²) in [4.78, 5) is 29.3. The van der Waals surface area contributed by atoms with Crippen molar-refractivity contribution in [3.05, 3.63) is 41.5 Å². The Bertz CT molecular complexity index is 853. The molecule has 29 heavy (non-hydrogen) atoms. The van der Waals surface area contributed by atoms with E-state index in [9.17, 15) is 9.59 Å². The SMILES string of the molecule is CCC(CC)C(=O)Nc1sc(N2CCN(c3ccccc3)CC2)c(C)c1C(N)=O. The van der Waals surface area contributed by atoms with Crippen LogP contribution in [0.1, 0.15) is 42.6 Å². The molecule has 0 atom stereocenters. The summed E-state index contributed by atoms with van der Waals surface area (Å²) in [6.45, 7) is 9.44. The highest BCUT2D eigenvalue weighted by atomic mass is 32.1. The van der Waals surface area contributed by atoms with Crippen LogP contribution in [0.15, 0.2) is 30.3 Å². The van der Waals surface area contributed by atoms with Gasteiger partial charge in [-0.2, -0.15) is 0 Å². The van der Waals surface area contributed by atoms with Gasteiger partial charge in [-0.25, -0.2) is 0 Å².